The molecule has 0 aliphatic heterocycles. The van der Waals surface area contributed by atoms with Crippen LogP contribution in [-0.4, -0.2) is 17.1 Å². The van der Waals surface area contributed by atoms with E-state index >= 15 is 0 Å². The minimum Gasteiger partial charge on any atom is -0.368 e. The van der Waals surface area contributed by atoms with Gasteiger partial charge in [0.15, 0.2) is 0 Å². The Kier molecular flexibility index (Phi) is 3.98. The van der Waals surface area contributed by atoms with Crippen LogP contribution in [0.25, 0.3) is 0 Å². The number of hydrogen-bond acceptors (Lipinski definition) is 3. The molecular formula is C10H10N2OS. The number of primary amides is 1. The molecule has 0 aliphatic carbocycles. The Morgan fingerprint density at radius 2 is 2.14 bits per heavy atom. The summed E-state index contributed by atoms with van der Waals surface area (Å²) in [6.07, 6.45) is 0.472. The molecule has 0 spiro atoms. The third-order valence-electron chi connectivity index (χ3n) is 1.81. The van der Waals surface area contributed by atoms with Crippen LogP contribution in [0.1, 0.15) is 5.56 Å². The first-order valence-electron chi connectivity index (χ1n) is 4.14. The number of nitrogens with zero attached hydrogens (tertiary/aromatic N) is 1. The standard InChI is InChI=1S/C10H10N2OS/c11-10(13)9(12-7-14)6-8-4-2-1-3-5-8/h1-5,9H,6H2,(H2,11,13). The van der Waals surface area contributed by atoms with Gasteiger partial charge in [0.25, 0.3) is 0 Å². The monoisotopic (exact) mass is 206 g/mol. The number of hydrogen-bond donors (Lipinski definition) is 1. The zero-order valence-corrected chi connectivity index (χ0v) is 8.33. The van der Waals surface area contributed by atoms with Gasteiger partial charge in [-0.3, -0.25) is 4.79 Å². The molecule has 0 heterocycles. The van der Waals surface area contributed by atoms with Gasteiger partial charge in [-0.2, -0.15) is 0 Å². The van der Waals surface area contributed by atoms with Crippen molar-refractivity contribution in [1.29, 1.82) is 0 Å². The normalized spacial score (nSPS) is 11.4. The Bertz CT molecular complexity index is 356. The SMILES string of the molecule is NC(=O)C(Cc1ccccc1)N=C=S. The highest BCUT2D eigenvalue weighted by Gasteiger charge is 2.13. The van der Waals surface area contributed by atoms with E-state index in [4.69, 9.17) is 5.73 Å². The summed E-state index contributed by atoms with van der Waals surface area (Å²) in [5.74, 6) is -0.480. The number of thiocarbonyl (C=S) groups is 1. The van der Waals surface area contributed by atoms with Gasteiger partial charge in [-0.25, -0.2) is 4.99 Å². The van der Waals surface area contributed by atoms with Crippen molar-refractivity contribution in [2.75, 3.05) is 0 Å². The molecule has 2 N–H and O–H groups in total. The highest BCUT2D eigenvalue weighted by molar-refractivity contribution is 7.78. The molecule has 72 valence electrons. The predicted octanol–water partition coefficient (Wildman–Crippen LogP) is 1.19. The van der Waals surface area contributed by atoms with E-state index in [2.05, 4.69) is 22.4 Å². The van der Waals surface area contributed by atoms with Gasteiger partial charge in [0.05, 0.1) is 5.16 Å². The highest BCUT2D eigenvalue weighted by atomic mass is 32.1. The predicted molar refractivity (Wildman–Crippen MR) is 58.2 cm³/mol. The topological polar surface area (TPSA) is 55.5 Å². The van der Waals surface area contributed by atoms with Gasteiger partial charge in [-0.15, -0.1) is 0 Å². The molecule has 0 saturated carbocycles. The van der Waals surface area contributed by atoms with Crippen molar-refractivity contribution in [2.24, 2.45) is 10.7 Å². The van der Waals surface area contributed by atoms with Crippen LogP contribution < -0.4 is 5.73 Å². The number of aliphatic imine (C=N–C) groups is 1. The maximum absolute atomic E-state index is 10.9. The molecule has 0 fully saturated rings. The Morgan fingerprint density at radius 3 is 2.64 bits per heavy atom. The average Bonchev–Trinajstić information content (AvgIpc) is 2.18. The molecule has 4 heteroatoms. The van der Waals surface area contributed by atoms with Crippen molar-refractivity contribution in [1.82, 2.24) is 0 Å². The van der Waals surface area contributed by atoms with Gasteiger partial charge >= 0.3 is 0 Å². The molecule has 1 unspecified atom stereocenters. The molecule has 1 aromatic carbocycles. The zero-order chi connectivity index (χ0) is 10.4. The molecule has 1 atom stereocenters. The fourth-order valence-corrected chi connectivity index (χ4v) is 1.24. The number of benzene rings is 1. The maximum Gasteiger partial charge on any atom is 0.243 e. The molecule has 0 aromatic heterocycles. The molecule has 0 aliphatic rings. The minimum absolute atomic E-state index is 0.472. The van der Waals surface area contributed by atoms with Crippen molar-refractivity contribution in [3.63, 3.8) is 0 Å². The molecule has 0 saturated heterocycles. The van der Waals surface area contributed by atoms with E-state index in [0.717, 1.165) is 5.56 Å². The summed E-state index contributed by atoms with van der Waals surface area (Å²) < 4.78 is 0. The quantitative estimate of drug-likeness (QED) is 0.594. The number of amides is 1. The average molecular weight is 206 g/mol. The lowest BCUT2D eigenvalue weighted by atomic mass is 10.1. The van der Waals surface area contributed by atoms with Crippen LogP contribution in [0, 0.1) is 0 Å². The Labute approximate surface area is 87.6 Å². The van der Waals surface area contributed by atoms with Crippen LogP contribution in [0.3, 0.4) is 0 Å². The van der Waals surface area contributed by atoms with Gasteiger partial charge in [-0.05, 0) is 17.8 Å². The lowest BCUT2D eigenvalue weighted by Crippen LogP contribution is -2.28. The summed E-state index contributed by atoms with van der Waals surface area (Å²) in [7, 11) is 0. The maximum atomic E-state index is 10.9. The number of nitrogens with two attached hydrogens (primary N) is 1. The lowest BCUT2D eigenvalue weighted by molar-refractivity contribution is -0.119. The molecule has 14 heavy (non-hydrogen) atoms. The smallest absolute Gasteiger partial charge is 0.243 e. The Balaban J connectivity index is 2.75. The van der Waals surface area contributed by atoms with Gasteiger partial charge < -0.3 is 5.73 Å². The Morgan fingerprint density at radius 1 is 1.50 bits per heavy atom. The summed E-state index contributed by atoms with van der Waals surface area (Å²) in [4.78, 5) is 14.6. The third-order valence-corrected chi connectivity index (χ3v) is 1.91. The fraction of sp³-hybridized carbons (Fsp3) is 0.200. The van der Waals surface area contributed by atoms with Crippen molar-refractivity contribution < 1.29 is 4.79 Å². The van der Waals surface area contributed by atoms with Gasteiger partial charge in [0, 0.05) is 6.42 Å². The number of isothiocyanates is 1. The van der Waals surface area contributed by atoms with Crippen LogP contribution in [0.2, 0.25) is 0 Å². The van der Waals surface area contributed by atoms with Crippen molar-refractivity contribution in [3.05, 3.63) is 35.9 Å². The van der Waals surface area contributed by atoms with E-state index in [1.54, 1.807) is 0 Å². The first-order chi connectivity index (χ1) is 6.74. The fourth-order valence-electron chi connectivity index (χ4n) is 1.11. The molecule has 0 radical (unpaired) electrons. The summed E-state index contributed by atoms with van der Waals surface area (Å²) in [6, 6.07) is 8.92. The largest absolute Gasteiger partial charge is 0.368 e. The van der Waals surface area contributed by atoms with Crippen molar-refractivity contribution in [3.8, 4) is 0 Å². The van der Waals surface area contributed by atoms with E-state index in [1.807, 2.05) is 30.3 Å². The molecule has 1 rings (SSSR count). The number of rotatable bonds is 4. The summed E-state index contributed by atoms with van der Waals surface area (Å²) in [5, 5.41) is 2.18. The first kappa shape index (κ1) is 10.6. The summed E-state index contributed by atoms with van der Waals surface area (Å²) in [5.41, 5.74) is 6.16. The number of carbonyl (C=O) groups excluding carboxylic acids is 1. The molecular weight excluding hydrogens is 196 g/mol. The van der Waals surface area contributed by atoms with E-state index < -0.39 is 11.9 Å². The van der Waals surface area contributed by atoms with E-state index in [0.29, 0.717) is 6.42 Å². The zero-order valence-electron chi connectivity index (χ0n) is 7.51. The van der Waals surface area contributed by atoms with Crippen LogP contribution in [0.5, 0.6) is 0 Å². The first-order valence-corrected chi connectivity index (χ1v) is 4.55. The van der Waals surface area contributed by atoms with Crippen LogP contribution in [0.15, 0.2) is 35.3 Å². The third kappa shape index (κ3) is 3.09. The van der Waals surface area contributed by atoms with Crippen molar-refractivity contribution in [2.45, 2.75) is 12.5 Å². The second-order valence-electron chi connectivity index (χ2n) is 2.83. The van der Waals surface area contributed by atoms with Crippen LogP contribution in [-0.2, 0) is 11.2 Å². The Hall–Kier alpha value is -1.51. The molecule has 0 bridgehead atoms. The number of carbonyl (C=O) groups is 1. The van der Waals surface area contributed by atoms with Crippen LogP contribution in [0.4, 0.5) is 0 Å². The summed E-state index contributed by atoms with van der Waals surface area (Å²) in [6.45, 7) is 0. The molecule has 1 aromatic rings. The minimum atomic E-state index is -0.602. The molecule has 3 nitrogen and oxygen atoms in total. The molecule has 1 amide bonds. The summed E-state index contributed by atoms with van der Waals surface area (Å²) >= 11 is 4.44. The van der Waals surface area contributed by atoms with E-state index in [-0.39, 0.29) is 0 Å². The van der Waals surface area contributed by atoms with Crippen LogP contribution >= 0.6 is 12.2 Å². The second kappa shape index (κ2) is 5.27. The van der Waals surface area contributed by atoms with Crippen molar-refractivity contribution >= 4 is 23.3 Å². The van der Waals surface area contributed by atoms with E-state index in [1.165, 1.54) is 0 Å². The van der Waals surface area contributed by atoms with Gasteiger partial charge in [0.2, 0.25) is 5.91 Å². The van der Waals surface area contributed by atoms with Gasteiger partial charge in [0.1, 0.15) is 6.04 Å². The lowest BCUT2D eigenvalue weighted by Gasteiger charge is -2.05. The second-order valence-corrected chi connectivity index (χ2v) is 3.01. The van der Waals surface area contributed by atoms with Gasteiger partial charge in [-0.1, -0.05) is 30.3 Å². The highest BCUT2D eigenvalue weighted by Crippen LogP contribution is 2.04. The van der Waals surface area contributed by atoms with E-state index in [9.17, 15) is 4.79 Å².